The van der Waals surface area contributed by atoms with E-state index in [-0.39, 0.29) is 17.4 Å². The number of hydrogen-bond donors (Lipinski definition) is 2. The first-order valence-electron chi connectivity index (χ1n) is 7.59. The number of fused-ring (bicyclic) bond motifs is 1. The van der Waals surface area contributed by atoms with Gasteiger partial charge in [0, 0.05) is 18.1 Å². The Balaban J connectivity index is 1.56. The topological polar surface area (TPSA) is 59.0 Å². The van der Waals surface area contributed by atoms with Crippen LogP contribution in [0.5, 0.6) is 0 Å². The molecule has 1 aromatic heterocycles. The number of aromatic nitrogens is 2. The minimum absolute atomic E-state index is 0.119. The molecule has 2 N–H and O–H groups in total. The van der Waals surface area contributed by atoms with Crippen LogP contribution in [0.3, 0.4) is 0 Å². The third-order valence-electron chi connectivity index (χ3n) is 3.78. The van der Waals surface area contributed by atoms with Crippen molar-refractivity contribution in [1.29, 1.82) is 0 Å². The molecule has 0 aliphatic carbocycles. The zero-order valence-electron chi connectivity index (χ0n) is 12.6. The van der Waals surface area contributed by atoms with Gasteiger partial charge in [0.2, 0.25) is 5.91 Å². The summed E-state index contributed by atoms with van der Waals surface area (Å²) in [5.74, 6) is -0.577. The predicted octanol–water partition coefficient (Wildman–Crippen LogP) is 2.03. The van der Waals surface area contributed by atoms with Gasteiger partial charge >= 0.3 is 0 Å². The molecule has 3 rings (SSSR count). The molecule has 1 amide bonds. The second kappa shape index (κ2) is 7.10. The van der Waals surface area contributed by atoms with Crippen LogP contribution in [-0.4, -0.2) is 22.2 Å². The van der Waals surface area contributed by atoms with Crippen LogP contribution in [-0.2, 0) is 30.8 Å². The summed E-state index contributed by atoms with van der Waals surface area (Å²) in [6.45, 7) is 3.05. The van der Waals surface area contributed by atoms with Crippen molar-refractivity contribution in [2.75, 3.05) is 6.54 Å². The van der Waals surface area contributed by atoms with E-state index in [1.54, 1.807) is 0 Å². The molecule has 0 bridgehead atoms. The second-order valence-corrected chi connectivity index (χ2v) is 5.98. The highest BCUT2D eigenvalue weighted by molar-refractivity contribution is 6.31. The normalized spacial score (nSPS) is 14.2. The van der Waals surface area contributed by atoms with E-state index < -0.39 is 5.82 Å². The molecular weight excluding hydrogens is 319 g/mol. The van der Waals surface area contributed by atoms with Gasteiger partial charge in [-0.2, -0.15) is 5.10 Å². The van der Waals surface area contributed by atoms with Crippen LogP contribution in [0, 0.1) is 5.82 Å². The fraction of sp³-hybridized carbons (Fsp3) is 0.375. The molecule has 0 saturated heterocycles. The lowest BCUT2D eigenvalue weighted by Gasteiger charge is -2.05. The molecule has 5 nitrogen and oxygen atoms in total. The number of benzene rings is 1. The predicted molar refractivity (Wildman–Crippen MR) is 85.5 cm³/mol. The van der Waals surface area contributed by atoms with E-state index in [9.17, 15) is 9.18 Å². The maximum Gasteiger partial charge on any atom is 0.224 e. The Hall–Kier alpha value is -1.92. The number of aryl methyl sites for hydroxylation is 1. The second-order valence-electron chi connectivity index (χ2n) is 5.57. The first-order chi connectivity index (χ1) is 11.1. The molecule has 1 aliphatic rings. The first kappa shape index (κ1) is 16.0. The van der Waals surface area contributed by atoms with Crippen molar-refractivity contribution in [3.05, 3.63) is 52.1 Å². The number of halogens is 2. The highest BCUT2D eigenvalue weighted by atomic mass is 35.5. The van der Waals surface area contributed by atoms with Gasteiger partial charge in [0.05, 0.1) is 24.4 Å². The fourth-order valence-corrected chi connectivity index (χ4v) is 2.83. The summed E-state index contributed by atoms with van der Waals surface area (Å²) in [4.78, 5) is 12.0. The van der Waals surface area contributed by atoms with E-state index in [1.165, 1.54) is 18.2 Å². The van der Waals surface area contributed by atoms with Crippen LogP contribution in [0.4, 0.5) is 4.39 Å². The summed E-state index contributed by atoms with van der Waals surface area (Å²) in [5.41, 5.74) is 2.57. The van der Waals surface area contributed by atoms with Crippen molar-refractivity contribution < 1.29 is 9.18 Å². The van der Waals surface area contributed by atoms with Gasteiger partial charge in [-0.1, -0.05) is 17.7 Å². The lowest BCUT2D eigenvalue weighted by atomic mass is 10.1. The average molecular weight is 337 g/mol. The number of carbonyl (C=O) groups is 1. The van der Waals surface area contributed by atoms with E-state index in [4.69, 9.17) is 11.6 Å². The Morgan fingerprint density at radius 2 is 2.30 bits per heavy atom. The minimum atomic E-state index is -0.410. The van der Waals surface area contributed by atoms with Crippen LogP contribution in [0.15, 0.2) is 24.3 Å². The third kappa shape index (κ3) is 4.09. The molecular formula is C16H18ClFN4O. The molecule has 0 fully saturated rings. The lowest BCUT2D eigenvalue weighted by molar-refractivity contribution is -0.120. The molecule has 1 aliphatic heterocycles. The zero-order valence-corrected chi connectivity index (χ0v) is 13.4. The standard InChI is InChI=1S/C16H18ClFN4O/c17-15-7-12(18)3-2-11(15)6-16(23)20-9-13-8-14-10-19-4-1-5-22(14)21-13/h2-3,7-8,19H,1,4-6,9-10H2,(H,20,23). The Morgan fingerprint density at radius 3 is 3.13 bits per heavy atom. The maximum absolute atomic E-state index is 13.0. The molecule has 7 heteroatoms. The third-order valence-corrected chi connectivity index (χ3v) is 4.13. The van der Waals surface area contributed by atoms with E-state index in [1.807, 2.05) is 10.7 Å². The largest absolute Gasteiger partial charge is 0.350 e. The SMILES string of the molecule is O=C(Cc1ccc(F)cc1Cl)NCc1cc2n(n1)CCCNC2. The van der Waals surface area contributed by atoms with Crippen molar-refractivity contribution in [3.8, 4) is 0 Å². The van der Waals surface area contributed by atoms with Gasteiger partial charge in [0.25, 0.3) is 0 Å². The van der Waals surface area contributed by atoms with Gasteiger partial charge < -0.3 is 10.6 Å². The van der Waals surface area contributed by atoms with Crippen molar-refractivity contribution in [1.82, 2.24) is 20.4 Å². The van der Waals surface area contributed by atoms with Crippen LogP contribution in [0.2, 0.25) is 5.02 Å². The van der Waals surface area contributed by atoms with Crippen molar-refractivity contribution in [3.63, 3.8) is 0 Å². The van der Waals surface area contributed by atoms with E-state index >= 15 is 0 Å². The van der Waals surface area contributed by atoms with Crippen LogP contribution in [0.25, 0.3) is 0 Å². The van der Waals surface area contributed by atoms with Gasteiger partial charge in [-0.25, -0.2) is 4.39 Å². The summed E-state index contributed by atoms with van der Waals surface area (Å²) in [7, 11) is 0. The zero-order chi connectivity index (χ0) is 16.2. The number of hydrogen-bond acceptors (Lipinski definition) is 3. The highest BCUT2D eigenvalue weighted by Crippen LogP contribution is 2.17. The summed E-state index contributed by atoms with van der Waals surface area (Å²) < 4.78 is 15.0. The van der Waals surface area contributed by atoms with E-state index in [2.05, 4.69) is 15.7 Å². The molecule has 1 aromatic carbocycles. The van der Waals surface area contributed by atoms with Gasteiger partial charge in [-0.15, -0.1) is 0 Å². The summed E-state index contributed by atoms with van der Waals surface area (Å²) >= 11 is 5.93. The molecule has 2 aromatic rings. The van der Waals surface area contributed by atoms with Crippen LogP contribution < -0.4 is 10.6 Å². The van der Waals surface area contributed by atoms with Crippen molar-refractivity contribution in [2.45, 2.75) is 32.5 Å². The Labute approximate surface area is 138 Å². The Bertz CT molecular complexity index is 693. The number of nitrogens with zero attached hydrogens (tertiary/aromatic N) is 2. The quantitative estimate of drug-likeness (QED) is 0.898. The number of carbonyl (C=O) groups excluding carboxylic acids is 1. The average Bonchev–Trinajstić information content (AvgIpc) is 2.78. The van der Waals surface area contributed by atoms with Gasteiger partial charge in [-0.3, -0.25) is 9.48 Å². The lowest BCUT2D eigenvalue weighted by Crippen LogP contribution is -2.25. The molecule has 0 unspecified atom stereocenters. The molecule has 0 atom stereocenters. The number of amides is 1. The van der Waals surface area contributed by atoms with Crippen LogP contribution in [0.1, 0.15) is 23.4 Å². The molecule has 0 radical (unpaired) electrons. The smallest absolute Gasteiger partial charge is 0.224 e. The van der Waals surface area contributed by atoms with Crippen LogP contribution >= 0.6 is 11.6 Å². The van der Waals surface area contributed by atoms with Gasteiger partial charge in [0.1, 0.15) is 5.82 Å². The molecule has 0 spiro atoms. The Morgan fingerprint density at radius 1 is 1.43 bits per heavy atom. The summed E-state index contributed by atoms with van der Waals surface area (Å²) in [6, 6.07) is 6.04. The number of rotatable bonds is 4. The minimum Gasteiger partial charge on any atom is -0.350 e. The molecule has 2 heterocycles. The van der Waals surface area contributed by atoms with E-state index in [0.29, 0.717) is 12.1 Å². The maximum atomic E-state index is 13.0. The molecule has 0 saturated carbocycles. The van der Waals surface area contributed by atoms with Gasteiger partial charge in [-0.05, 0) is 36.7 Å². The fourth-order valence-electron chi connectivity index (χ4n) is 2.60. The Kier molecular flexibility index (Phi) is 4.93. The van der Waals surface area contributed by atoms with Crippen molar-refractivity contribution >= 4 is 17.5 Å². The molecule has 23 heavy (non-hydrogen) atoms. The summed E-state index contributed by atoms with van der Waals surface area (Å²) in [6.07, 6.45) is 1.16. The molecule has 122 valence electrons. The van der Waals surface area contributed by atoms with Crippen molar-refractivity contribution in [2.24, 2.45) is 0 Å². The highest BCUT2D eigenvalue weighted by Gasteiger charge is 2.12. The van der Waals surface area contributed by atoms with E-state index in [0.717, 1.165) is 37.4 Å². The summed E-state index contributed by atoms with van der Waals surface area (Å²) in [5, 5.41) is 10.9. The number of nitrogens with one attached hydrogen (secondary N) is 2. The first-order valence-corrected chi connectivity index (χ1v) is 7.96. The van der Waals surface area contributed by atoms with Gasteiger partial charge in [0.15, 0.2) is 0 Å². The monoisotopic (exact) mass is 336 g/mol.